The number of phenolic OH excluding ortho intramolecular Hbond substituents is 3. The number of nitrogens with two attached hydrogens (primary N) is 1. The number of aromatic nitrogens is 2. The van der Waals surface area contributed by atoms with Crippen molar-refractivity contribution in [2.24, 2.45) is 11.8 Å². The van der Waals surface area contributed by atoms with Gasteiger partial charge in [-0.05, 0) is 97.5 Å². The lowest BCUT2D eigenvalue weighted by Gasteiger charge is -2.45. The Kier molecular flexibility index (Phi) is 10.3. The topological polar surface area (TPSA) is 190 Å². The predicted molar refractivity (Wildman–Crippen MR) is 175 cm³/mol. The molecule has 0 saturated heterocycles. The minimum absolute atomic E-state index is 0.000106. The Morgan fingerprint density at radius 1 is 1.02 bits per heavy atom. The van der Waals surface area contributed by atoms with Crippen LogP contribution >= 0.6 is 0 Å². The number of pyridine rings is 1. The number of nitrogen functional groups attached to an aromatic ring is 1. The highest BCUT2D eigenvalue weighted by molar-refractivity contribution is 5.84. The lowest BCUT2D eigenvalue weighted by atomic mass is 9.58. The van der Waals surface area contributed by atoms with Crippen molar-refractivity contribution in [3.05, 3.63) is 89.4 Å². The minimum Gasteiger partial charge on any atom is -0.668 e. The van der Waals surface area contributed by atoms with Crippen LogP contribution in [0.2, 0.25) is 0 Å². The maximum absolute atomic E-state index is 14.6. The molecule has 0 amide bonds. The molecule has 5 rings (SSSR count). The monoisotopic (exact) mass is 644 g/mol. The van der Waals surface area contributed by atoms with Crippen molar-refractivity contribution in [2.75, 3.05) is 20.0 Å². The third-order valence-electron chi connectivity index (χ3n) is 9.60. The zero-order valence-corrected chi connectivity index (χ0v) is 26.5. The molecule has 2 aromatic heterocycles. The highest BCUT2D eigenvalue weighted by Crippen LogP contribution is 2.54. The Bertz CT molecular complexity index is 1680. The van der Waals surface area contributed by atoms with E-state index in [4.69, 9.17) is 15.2 Å². The maximum Gasteiger partial charge on any atom is 0.200 e. The van der Waals surface area contributed by atoms with E-state index in [1.54, 1.807) is 42.7 Å². The Morgan fingerprint density at radius 2 is 1.79 bits per heavy atom. The molecule has 0 bridgehead atoms. The fraction of sp³-hybridized carbons (Fsp3) is 0.389. The van der Waals surface area contributed by atoms with E-state index in [1.807, 2.05) is 12.1 Å². The Labute approximate surface area is 273 Å². The second-order valence-electron chi connectivity index (χ2n) is 12.3. The number of methoxy groups -OCH3 is 2. The molecule has 4 aromatic rings. The summed E-state index contributed by atoms with van der Waals surface area (Å²) in [5.41, 5.74) is 8.04. The zero-order valence-electron chi connectivity index (χ0n) is 26.5. The van der Waals surface area contributed by atoms with Crippen molar-refractivity contribution in [3.63, 3.8) is 0 Å². The molecule has 11 nitrogen and oxygen atoms in total. The molecule has 2 aromatic carbocycles. The number of rotatable bonds is 14. The number of aromatic hydroxyl groups is 3. The number of carbonyl (C=O) groups is 1. The van der Waals surface area contributed by atoms with E-state index in [1.165, 1.54) is 26.4 Å². The molecule has 2 heterocycles. The highest BCUT2D eigenvalue weighted by Gasteiger charge is 2.57. The number of Topliss-reactive ketones (excluding diaryl/α,β-unsaturated/α-hetero) is 1. The largest absolute Gasteiger partial charge is 0.668 e. The first kappa shape index (κ1) is 33.6. The van der Waals surface area contributed by atoms with Crippen LogP contribution in [-0.2, 0) is 29.5 Å². The first-order valence-electron chi connectivity index (χ1n) is 15.7. The molecule has 0 radical (unpaired) electrons. The summed E-state index contributed by atoms with van der Waals surface area (Å²) in [7, 11) is 2.83. The van der Waals surface area contributed by atoms with E-state index >= 15 is 0 Å². The summed E-state index contributed by atoms with van der Waals surface area (Å²) < 4.78 is 10.5. The maximum atomic E-state index is 14.6. The van der Waals surface area contributed by atoms with Gasteiger partial charge in [-0.15, -0.1) is 0 Å². The number of ether oxygens (including phenoxy) is 2. The van der Waals surface area contributed by atoms with Gasteiger partial charge in [0, 0.05) is 18.0 Å². The third kappa shape index (κ3) is 7.01. The van der Waals surface area contributed by atoms with Crippen molar-refractivity contribution in [1.82, 2.24) is 9.97 Å². The van der Waals surface area contributed by atoms with Crippen molar-refractivity contribution in [3.8, 4) is 28.7 Å². The van der Waals surface area contributed by atoms with E-state index in [2.05, 4.69) is 9.97 Å². The van der Waals surface area contributed by atoms with E-state index in [0.717, 1.165) is 11.3 Å². The van der Waals surface area contributed by atoms with Crippen molar-refractivity contribution < 1.29 is 39.8 Å². The molecule has 47 heavy (non-hydrogen) atoms. The first-order valence-corrected chi connectivity index (χ1v) is 15.7. The molecule has 7 N–H and O–H groups in total. The summed E-state index contributed by atoms with van der Waals surface area (Å²) >= 11 is 0. The van der Waals surface area contributed by atoms with Gasteiger partial charge in [-0.25, -0.2) is 4.98 Å². The standard InChI is InChI=1S/C36H42N3O8/c1-46-31-17-21(5-8-27(31)41)6-9-28(42)34(29(43)10-7-22-16-30(44)35(45)32(18-22)47-2)36(23-12-15-39-33(37)19-23)13-11-26(40)25(36)20-24-4-3-14-38-24/h3-5,8,12,14-19,25-26,28,34,40-42,44-45H,6-7,9-11,13,20H2,1-2H3,(H2,37,39)/q-1/t25-,26-,28+,34+,36-/m0/s1. The van der Waals surface area contributed by atoms with E-state index in [0.29, 0.717) is 42.6 Å². The molecular formula is C36H42N3O8-. The first-order chi connectivity index (χ1) is 22.6. The second kappa shape index (κ2) is 14.4. The predicted octanol–water partition coefficient (Wildman–Crippen LogP) is 3.82. The number of aliphatic hydroxyl groups excluding tert-OH is 2. The molecule has 1 saturated carbocycles. The fourth-order valence-corrected chi connectivity index (χ4v) is 7.35. The van der Waals surface area contributed by atoms with Crippen LogP contribution in [-0.4, -0.2) is 62.7 Å². The smallest absolute Gasteiger partial charge is 0.200 e. The summed E-state index contributed by atoms with van der Waals surface area (Å²) in [6, 6.07) is 15.2. The SMILES string of the molecule is COc1cc(CC[C@@H](O)[C@H](C(=O)CCc2cc(O)c(O)c(OC)c2)[C@]2(c3ccnc(N)c3)CC[C@H](O)[C@@H]2Cc2ccc[n-]2)ccc1O. The van der Waals surface area contributed by atoms with Crippen LogP contribution in [0.1, 0.15) is 48.1 Å². The van der Waals surface area contributed by atoms with E-state index < -0.39 is 29.5 Å². The van der Waals surface area contributed by atoms with Crippen LogP contribution in [0.15, 0.2) is 67.0 Å². The van der Waals surface area contributed by atoms with E-state index in [9.17, 15) is 30.3 Å². The van der Waals surface area contributed by atoms with Gasteiger partial charge in [0.1, 0.15) is 11.6 Å². The molecule has 0 aliphatic heterocycles. The van der Waals surface area contributed by atoms with Gasteiger partial charge in [0.05, 0.1) is 32.3 Å². The van der Waals surface area contributed by atoms with Gasteiger partial charge in [-0.1, -0.05) is 18.2 Å². The molecule has 5 atom stereocenters. The number of hydrogen-bond acceptors (Lipinski definition) is 10. The number of aryl methyl sites for hydroxylation is 2. The minimum atomic E-state index is -1.14. The van der Waals surface area contributed by atoms with Crippen molar-refractivity contribution in [2.45, 2.75) is 62.6 Å². The fourth-order valence-electron chi connectivity index (χ4n) is 7.35. The Hall–Kier alpha value is -4.74. The number of carbonyl (C=O) groups excluding carboxylic acids is 1. The van der Waals surface area contributed by atoms with Crippen LogP contribution in [0.5, 0.6) is 28.7 Å². The molecule has 0 spiro atoms. The summed E-state index contributed by atoms with van der Waals surface area (Å²) in [5, 5.41) is 54.1. The van der Waals surface area contributed by atoms with Crippen LogP contribution in [0.4, 0.5) is 5.82 Å². The van der Waals surface area contributed by atoms with Crippen LogP contribution < -0.4 is 20.2 Å². The second-order valence-corrected chi connectivity index (χ2v) is 12.3. The molecule has 250 valence electrons. The Morgan fingerprint density at radius 3 is 2.49 bits per heavy atom. The number of anilines is 1. The average Bonchev–Trinajstić information content (AvgIpc) is 3.70. The van der Waals surface area contributed by atoms with Gasteiger partial charge in [0.2, 0.25) is 5.75 Å². The molecule has 1 aliphatic rings. The molecule has 1 fully saturated rings. The summed E-state index contributed by atoms with van der Waals surface area (Å²) in [5.74, 6) is -1.77. The Balaban J connectivity index is 1.56. The number of phenols is 3. The molecular weight excluding hydrogens is 602 g/mol. The van der Waals surface area contributed by atoms with Gasteiger partial charge in [0.15, 0.2) is 23.0 Å². The van der Waals surface area contributed by atoms with Crippen LogP contribution in [0.3, 0.4) is 0 Å². The lowest BCUT2D eigenvalue weighted by Crippen LogP contribution is -2.51. The summed E-state index contributed by atoms with van der Waals surface area (Å²) in [4.78, 5) is 23.3. The number of aliphatic hydroxyl groups is 2. The van der Waals surface area contributed by atoms with Crippen LogP contribution in [0, 0.1) is 11.8 Å². The summed E-state index contributed by atoms with van der Waals surface area (Å²) in [6.45, 7) is 0. The molecule has 11 heteroatoms. The number of ketones is 1. The molecule has 0 unspecified atom stereocenters. The van der Waals surface area contributed by atoms with Crippen molar-refractivity contribution in [1.29, 1.82) is 0 Å². The van der Waals surface area contributed by atoms with Gasteiger partial charge >= 0.3 is 0 Å². The lowest BCUT2D eigenvalue weighted by molar-refractivity contribution is -0.132. The third-order valence-corrected chi connectivity index (χ3v) is 9.60. The summed E-state index contributed by atoms with van der Waals surface area (Å²) in [6.07, 6.45) is 3.35. The average molecular weight is 645 g/mol. The van der Waals surface area contributed by atoms with Gasteiger partial charge in [-0.2, -0.15) is 11.9 Å². The normalized spacial score (nSPS) is 20.5. The van der Waals surface area contributed by atoms with Gasteiger partial charge in [-0.3, -0.25) is 4.79 Å². The van der Waals surface area contributed by atoms with Crippen LogP contribution in [0.25, 0.3) is 0 Å². The zero-order chi connectivity index (χ0) is 33.7. The number of hydrogen-bond donors (Lipinski definition) is 6. The molecule has 1 aliphatic carbocycles. The quantitative estimate of drug-likeness (QED) is 0.109. The highest BCUT2D eigenvalue weighted by atomic mass is 16.5. The number of nitrogens with zero attached hydrogens (tertiary/aromatic N) is 2. The number of benzene rings is 2. The van der Waals surface area contributed by atoms with E-state index in [-0.39, 0.29) is 53.9 Å². The van der Waals surface area contributed by atoms with Crippen molar-refractivity contribution >= 4 is 11.6 Å². The van der Waals surface area contributed by atoms with Gasteiger partial charge in [0.25, 0.3) is 0 Å². The van der Waals surface area contributed by atoms with Gasteiger partial charge < -0.3 is 45.7 Å².